The summed E-state index contributed by atoms with van der Waals surface area (Å²) in [5.74, 6) is -0.944. The zero-order valence-electron chi connectivity index (χ0n) is 14.5. The van der Waals surface area contributed by atoms with Crippen LogP contribution < -0.4 is 10.6 Å². The molecule has 2 amide bonds. The van der Waals surface area contributed by atoms with Crippen molar-refractivity contribution < 1.29 is 22.8 Å². The summed E-state index contributed by atoms with van der Waals surface area (Å²) < 4.78 is 38.5. The first kappa shape index (κ1) is 20.8. The van der Waals surface area contributed by atoms with Crippen molar-refractivity contribution in [1.29, 1.82) is 0 Å². The number of amides is 2. The van der Waals surface area contributed by atoms with Crippen LogP contribution in [0.25, 0.3) is 0 Å². The standard InChI is InChI=1S/C19H18ClF3N2O2/c1-12-8-14(10-15(9-12)19(21,22)23)18(27)24-7-6-17(26)25-11-13-2-4-16(20)5-3-13/h2-5,8-10H,6-7,11H2,1H3,(H,24,27)(H,25,26). The molecule has 2 aromatic carbocycles. The molecule has 0 unspecified atom stereocenters. The number of hydrogen-bond acceptors (Lipinski definition) is 2. The normalized spacial score (nSPS) is 11.1. The van der Waals surface area contributed by atoms with Crippen molar-refractivity contribution >= 4 is 23.4 Å². The van der Waals surface area contributed by atoms with Gasteiger partial charge in [0.1, 0.15) is 0 Å². The first-order valence-corrected chi connectivity index (χ1v) is 8.51. The molecule has 8 heteroatoms. The Hall–Kier alpha value is -2.54. The molecule has 0 bridgehead atoms. The summed E-state index contributed by atoms with van der Waals surface area (Å²) in [6, 6.07) is 10.1. The molecule has 0 aliphatic heterocycles. The maximum Gasteiger partial charge on any atom is 0.416 e. The van der Waals surface area contributed by atoms with Crippen LogP contribution in [0.4, 0.5) is 13.2 Å². The Balaban J connectivity index is 1.82. The van der Waals surface area contributed by atoms with E-state index in [1.807, 2.05) is 0 Å². The van der Waals surface area contributed by atoms with Crippen LogP contribution in [0.2, 0.25) is 5.02 Å². The summed E-state index contributed by atoms with van der Waals surface area (Å²) in [5.41, 5.74) is 0.226. The van der Waals surface area contributed by atoms with Crippen molar-refractivity contribution in [3.05, 3.63) is 69.7 Å². The summed E-state index contributed by atoms with van der Waals surface area (Å²) in [7, 11) is 0. The molecular formula is C19H18ClF3N2O2. The van der Waals surface area contributed by atoms with Crippen LogP contribution in [0, 0.1) is 6.92 Å². The smallest absolute Gasteiger partial charge is 0.352 e. The topological polar surface area (TPSA) is 58.2 Å². The third-order valence-corrected chi connectivity index (χ3v) is 3.96. The van der Waals surface area contributed by atoms with Crippen molar-refractivity contribution in [2.45, 2.75) is 26.1 Å². The third-order valence-electron chi connectivity index (χ3n) is 3.71. The van der Waals surface area contributed by atoms with Gasteiger partial charge in [-0.25, -0.2) is 0 Å². The number of rotatable bonds is 6. The van der Waals surface area contributed by atoms with E-state index in [1.54, 1.807) is 24.3 Å². The SMILES string of the molecule is Cc1cc(C(=O)NCCC(=O)NCc2ccc(Cl)cc2)cc(C(F)(F)F)c1. The predicted octanol–water partition coefficient (Wildman–Crippen LogP) is 4.10. The van der Waals surface area contributed by atoms with Crippen LogP contribution in [0.15, 0.2) is 42.5 Å². The van der Waals surface area contributed by atoms with Gasteiger partial charge < -0.3 is 10.6 Å². The van der Waals surface area contributed by atoms with E-state index in [0.29, 0.717) is 17.1 Å². The van der Waals surface area contributed by atoms with Gasteiger partial charge in [-0.05, 0) is 48.4 Å². The number of aryl methyl sites for hydroxylation is 1. The number of carbonyl (C=O) groups excluding carboxylic acids is 2. The van der Waals surface area contributed by atoms with Crippen molar-refractivity contribution in [3.63, 3.8) is 0 Å². The van der Waals surface area contributed by atoms with Crippen molar-refractivity contribution in [1.82, 2.24) is 10.6 Å². The van der Waals surface area contributed by atoms with E-state index in [-0.39, 0.29) is 24.4 Å². The van der Waals surface area contributed by atoms with E-state index >= 15 is 0 Å². The lowest BCUT2D eigenvalue weighted by atomic mass is 10.1. The molecule has 0 saturated carbocycles. The summed E-state index contributed by atoms with van der Waals surface area (Å²) in [5, 5.41) is 5.74. The Kier molecular flexibility index (Phi) is 6.85. The number of halogens is 4. The van der Waals surface area contributed by atoms with Crippen LogP contribution in [0.1, 0.15) is 33.5 Å². The average molecular weight is 399 g/mol. The van der Waals surface area contributed by atoms with Crippen molar-refractivity contribution in [3.8, 4) is 0 Å². The van der Waals surface area contributed by atoms with Crippen LogP contribution in [-0.2, 0) is 17.5 Å². The number of benzene rings is 2. The van der Waals surface area contributed by atoms with E-state index in [0.717, 1.165) is 17.7 Å². The highest BCUT2D eigenvalue weighted by Crippen LogP contribution is 2.30. The molecule has 2 N–H and O–H groups in total. The first-order valence-electron chi connectivity index (χ1n) is 8.13. The molecule has 0 spiro atoms. The summed E-state index contributed by atoms with van der Waals surface area (Å²) in [6.45, 7) is 1.81. The fraction of sp³-hybridized carbons (Fsp3) is 0.263. The number of carbonyl (C=O) groups is 2. The zero-order valence-corrected chi connectivity index (χ0v) is 15.2. The quantitative estimate of drug-likeness (QED) is 0.769. The minimum atomic E-state index is -4.53. The molecule has 2 aromatic rings. The van der Waals surface area contributed by atoms with Crippen molar-refractivity contribution in [2.24, 2.45) is 0 Å². The van der Waals surface area contributed by atoms with Crippen LogP contribution in [-0.4, -0.2) is 18.4 Å². The first-order chi connectivity index (χ1) is 12.6. The number of alkyl halides is 3. The van der Waals surface area contributed by atoms with Gasteiger partial charge in [-0.2, -0.15) is 13.2 Å². The van der Waals surface area contributed by atoms with Gasteiger partial charge in [0.2, 0.25) is 5.91 Å². The molecule has 0 aliphatic rings. The van der Waals surface area contributed by atoms with E-state index in [1.165, 1.54) is 13.0 Å². The molecule has 0 radical (unpaired) electrons. The van der Waals surface area contributed by atoms with E-state index in [4.69, 9.17) is 11.6 Å². The van der Waals surface area contributed by atoms with E-state index in [9.17, 15) is 22.8 Å². The molecule has 2 rings (SSSR count). The van der Waals surface area contributed by atoms with Gasteiger partial charge in [-0.15, -0.1) is 0 Å². The molecule has 0 aliphatic carbocycles. The van der Waals surface area contributed by atoms with Gasteiger partial charge in [0.05, 0.1) is 5.56 Å². The van der Waals surface area contributed by atoms with Gasteiger partial charge in [-0.3, -0.25) is 9.59 Å². The number of hydrogen-bond donors (Lipinski definition) is 2. The van der Waals surface area contributed by atoms with Crippen LogP contribution >= 0.6 is 11.6 Å². The highest BCUT2D eigenvalue weighted by molar-refractivity contribution is 6.30. The maximum atomic E-state index is 12.8. The highest BCUT2D eigenvalue weighted by Gasteiger charge is 2.31. The summed E-state index contributed by atoms with van der Waals surface area (Å²) >= 11 is 5.78. The molecule has 0 saturated heterocycles. The molecule has 0 heterocycles. The third kappa shape index (κ3) is 6.60. The largest absolute Gasteiger partial charge is 0.416 e. The van der Waals surface area contributed by atoms with Gasteiger partial charge in [-0.1, -0.05) is 23.7 Å². The van der Waals surface area contributed by atoms with Gasteiger partial charge in [0.25, 0.3) is 5.91 Å². The molecule has 0 aromatic heterocycles. The molecule has 0 atom stereocenters. The second-order valence-corrected chi connectivity index (χ2v) is 6.43. The second kappa shape index (κ2) is 8.90. The fourth-order valence-electron chi connectivity index (χ4n) is 2.36. The van der Waals surface area contributed by atoms with Gasteiger partial charge >= 0.3 is 6.18 Å². The Bertz CT molecular complexity index is 821. The molecule has 0 fully saturated rings. The van der Waals surface area contributed by atoms with Gasteiger partial charge in [0.15, 0.2) is 0 Å². The lowest BCUT2D eigenvalue weighted by Gasteiger charge is -2.11. The highest BCUT2D eigenvalue weighted by atomic mass is 35.5. The average Bonchev–Trinajstić information content (AvgIpc) is 2.60. The molecular weight excluding hydrogens is 381 g/mol. The van der Waals surface area contributed by atoms with Crippen LogP contribution in [0.5, 0.6) is 0 Å². The molecule has 144 valence electrons. The Morgan fingerprint density at radius 3 is 2.33 bits per heavy atom. The number of nitrogens with one attached hydrogen (secondary N) is 2. The Morgan fingerprint density at radius 1 is 1.04 bits per heavy atom. The van der Waals surface area contributed by atoms with Crippen molar-refractivity contribution in [2.75, 3.05) is 6.54 Å². The zero-order chi connectivity index (χ0) is 20.0. The van der Waals surface area contributed by atoms with E-state index < -0.39 is 17.6 Å². The lowest BCUT2D eigenvalue weighted by molar-refractivity contribution is -0.137. The fourth-order valence-corrected chi connectivity index (χ4v) is 2.49. The lowest BCUT2D eigenvalue weighted by Crippen LogP contribution is -2.30. The Labute approximate surface area is 159 Å². The predicted molar refractivity (Wildman–Crippen MR) is 96.4 cm³/mol. The summed E-state index contributed by atoms with van der Waals surface area (Å²) in [6.07, 6.45) is -4.51. The van der Waals surface area contributed by atoms with E-state index in [2.05, 4.69) is 10.6 Å². The maximum absolute atomic E-state index is 12.8. The monoisotopic (exact) mass is 398 g/mol. The minimum Gasteiger partial charge on any atom is -0.352 e. The molecule has 27 heavy (non-hydrogen) atoms. The molecule has 4 nitrogen and oxygen atoms in total. The van der Waals surface area contributed by atoms with Gasteiger partial charge in [0, 0.05) is 30.1 Å². The minimum absolute atomic E-state index is 0.0112. The van der Waals surface area contributed by atoms with Crippen LogP contribution in [0.3, 0.4) is 0 Å². The Morgan fingerprint density at radius 2 is 1.70 bits per heavy atom. The summed E-state index contributed by atoms with van der Waals surface area (Å²) in [4.78, 5) is 23.8. The second-order valence-electron chi connectivity index (χ2n) is 5.99.